The summed E-state index contributed by atoms with van der Waals surface area (Å²) in [5.41, 5.74) is 9.73. The van der Waals surface area contributed by atoms with Crippen LogP contribution in [0.2, 0.25) is 0 Å². The number of nitrogens with two attached hydrogens (primary N) is 1. The van der Waals surface area contributed by atoms with E-state index in [1.165, 1.54) is 16.7 Å². The Hall–Kier alpha value is -1.06. The molecule has 0 rings (SSSR count). The second kappa shape index (κ2) is 17.4. The Morgan fingerprint density at radius 1 is 0.962 bits per heavy atom. The Morgan fingerprint density at radius 3 is 2.04 bits per heavy atom. The number of hydrogen-bond donors (Lipinski definition) is 2. The van der Waals surface area contributed by atoms with E-state index in [2.05, 4.69) is 58.2 Å². The maximum Gasteiger partial charge on any atom is 0.220 e. The van der Waals surface area contributed by atoms with Crippen LogP contribution < -0.4 is 11.1 Å². The van der Waals surface area contributed by atoms with Gasteiger partial charge in [-0.3, -0.25) is 4.79 Å². The number of carbonyl (C=O) groups excluding carboxylic acids is 1. The van der Waals surface area contributed by atoms with Gasteiger partial charge in [-0.2, -0.15) is 0 Å². The van der Waals surface area contributed by atoms with E-state index in [-0.39, 0.29) is 18.3 Å². The van der Waals surface area contributed by atoms with Gasteiger partial charge in [-0.25, -0.2) is 0 Å². The lowest BCUT2D eigenvalue weighted by atomic mass is 9.99. The first-order valence-electron chi connectivity index (χ1n) is 9.76. The van der Waals surface area contributed by atoms with Gasteiger partial charge in [0.25, 0.3) is 0 Å². The molecule has 152 valence electrons. The largest absolute Gasteiger partial charge is 0.355 e. The molecule has 0 aliphatic rings. The average molecular weight is 385 g/mol. The minimum Gasteiger partial charge on any atom is -0.355 e. The zero-order valence-electron chi connectivity index (χ0n) is 17.6. The van der Waals surface area contributed by atoms with Crippen LogP contribution in [0, 0.1) is 5.92 Å². The third kappa shape index (κ3) is 17.8. The lowest BCUT2D eigenvalue weighted by Gasteiger charge is -2.10. The zero-order valence-corrected chi connectivity index (χ0v) is 18.4. The van der Waals surface area contributed by atoms with Crippen LogP contribution >= 0.6 is 12.4 Å². The molecule has 0 aromatic rings. The van der Waals surface area contributed by atoms with Crippen LogP contribution in [0.4, 0.5) is 0 Å². The normalized spacial score (nSPS) is 13.0. The standard InChI is InChI=1S/C22H40N2O.ClH/c1-18(2)9-6-10-19(3)11-7-12-20(4)13-8-14-21(5)17-22(25)24-16-15-23;/h9,11,13,21H,6-8,10,12,14-17,23H2,1-5H3,(H,24,25);1H/b19-11+,20-13+;. The second-order valence-electron chi connectivity index (χ2n) is 7.49. The summed E-state index contributed by atoms with van der Waals surface area (Å²) >= 11 is 0. The van der Waals surface area contributed by atoms with Crippen molar-refractivity contribution in [3.8, 4) is 0 Å². The molecule has 0 aromatic carbocycles. The summed E-state index contributed by atoms with van der Waals surface area (Å²) in [6, 6.07) is 0. The lowest BCUT2D eigenvalue weighted by molar-refractivity contribution is -0.121. The van der Waals surface area contributed by atoms with Crippen LogP contribution in [-0.4, -0.2) is 19.0 Å². The van der Waals surface area contributed by atoms with Crippen LogP contribution in [0.5, 0.6) is 0 Å². The van der Waals surface area contributed by atoms with Gasteiger partial charge in [0, 0.05) is 19.5 Å². The summed E-state index contributed by atoms with van der Waals surface area (Å²) in [4.78, 5) is 11.6. The van der Waals surface area contributed by atoms with E-state index in [0.29, 0.717) is 25.4 Å². The van der Waals surface area contributed by atoms with Crippen LogP contribution in [0.15, 0.2) is 34.9 Å². The van der Waals surface area contributed by atoms with Crippen LogP contribution in [0.3, 0.4) is 0 Å². The molecule has 0 radical (unpaired) electrons. The fourth-order valence-electron chi connectivity index (χ4n) is 2.66. The van der Waals surface area contributed by atoms with Gasteiger partial charge in [0.05, 0.1) is 0 Å². The van der Waals surface area contributed by atoms with Crippen molar-refractivity contribution in [2.45, 2.75) is 79.6 Å². The molecule has 0 aliphatic heterocycles. The van der Waals surface area contributed by atoms with Gasteiger partial charge in [-0.05, 0) is 72.1 Å². The Bertz CT molecular complexity index is 463. The van der Waals surface area contributed by atoms with Crippen LogP contribution in [0.1, 0.15) is 79.6 Å². The van der Waals surface area contributed by atoms with Gasteiger partial charge < -0.3 is 11.1 Å². The van der Waals surface area contributed by atoms with Crippen molar-refractivity contribution in [3.63, 3.8) is 0 Å². The van der Waals surface area contributed by atoms with Crippen LogP contribution in [-0.2, 0) is 4.79 Å². The molecule has 0 heterocycles. The van der Waals surface area contributed by atoms with E-state index < -0.39 is 0 Å². The molecule has 0 aliphatic carbocycles. The van der Waals surface area contributed by atoms with Gasteiger partial charge in [-0.1, -0.05) is 41.9 Å². The number of allylic oxidation sites excluding steroid dienone is 6. The molecule has 0 bridgehead atoms. The highest BCUT2D eigenvalue weighted by molar-refractivity contribution is 5.85. The van der Waals surface area contributed by atoms with Gasteiger partial charge in [0.2, 0.25) is 5.91 Å². The maximum atomic E-state index is 11.6. The van der Waals surface area contributed by atoms with E-state index in [9.17, 15) is 4.79 Å². The topological polar surface area (TPSA) is 55.1 Å². The molecule has 0 fully saturated rings. The van der Waals surface area contributed by atoms with Gasteiger partial charge in [-0.15, -0.1) is 12.4 Å². The van der Waals surface area contributed by atoms with Crippen molar-refractivity contribution in [1.29, 1.82) is 0 Å². The molecule has 3 N–H and O–H groups in total. The number of halogens is 1. The Morgan fingerprint density at radius 2 is 1.50 bits per heavy atom. The molecule has 0 spiro atoms. The average Bonchev–Trinajstić information content (AvgIpc) is 2.52. The van der Waals surface area contributed by atoms with Crippen molar-refractivity contribution < 1.29 is 4.79 Å². The summed E-state index contributed by atoms with van der Waals surface area (Å²) < 4.78 is 0. The number of nitrogens with one attached hydrogen (secondary N) is 1. The lowest BCUT2D eigenvalue weighted by Crippen LogP contribution is -2.29. The summed E-state index contributed by atoms with van der Waals surface area (Å²) in [7, 11) is 0. The highest BCUT2D eigenvalue weighted by atomic mass is 35.5. The quantitative estimate of drug-likeness (QED) is 0.399. The maximum absolute atomic E-state index is 11.6. The third-order valence-corrected chi connectivity index (χ3v) is 4.28. The monoisotopic (exact) mass is 384 g/mol. The highest BCUT2D eigenvalue weighted by Gasteiger charge is 2.07. The summed E-state index contributed by atoms with van der Waals surface area (Å²) in [6.07, 6.45) is 14.3. The van der Waals surface area contributed by atoms with Crippen molar-refractivity contribution in [1.82, 2.24) is 5.32 Å². The Kier molecular flexibility index (Phi) is 18.1. The van der Waals surface area contributed by atoms with Crippen molar-refractivity contribution >= 4 is 18.3 Å². The second-order valence-corrected chi connectivity index (χ2v) is 7.49. The van der Waals surface area contributed by atoms with Gasteiger partial charge in [0.15, 0.2) is 0 Å². The molecule has 26 heavy (non-hydrogen) atoms. The Labute approximate surface area is 168 Å². The third-order valence-electron chi connectivity index (χ3n) is 4.28. The number of carbonyl (C=O) groups is 1. The number of rotatable bonds is 13. The molecule has 3 nitrogen and oxygen atoms in total. The van der Waals surface area contributed by atoms with Crippen LogP contribution in [0.25, 0.3) is 0 Å². The van der Waals surface area contributed by atoms with Gasteiger partial charge >= 0.3 is 0 Å². The smallest absolute Gasteiger partial charge is 0.220 e. The molecule has 0 saturated carbocycles. The van der Waals surface area contributed by atoms with E-state index >= 15 is 0 Å². The predicted molar refractivity (Wildman–Crippen MR) is 118 cm³/mol. The zero-order chi connectivity index (χ0) is 19.1. The fraction of sp³-hybridized carbons (Fsp3) is 0.682. The van der Waals surface area contributed by atoms with E-state index in [1.807, 2.05) is 0 Å². The first-order chi connectivity index (χ1) is 11.8. The van der Waals surface area contributed by atoms with Crippen molar-refractivity contribution in [2.75, 3.05) is 13.1 Å². The molecule has 0 saturated heterocycles. The van der Waals surface area contributed by atoms with E-state index in [0.717, 1.165) is 38.5 Å². The molecule has 1 atom stereocenters. The van der Waals surface area contributed by atoms with E-state index in [1.54, 1.807) is 0 Å². The van der Waals surface area contributed by atoms with Gasteiger partial charge in [0.1, 0.15) is 0 Å². The minimum absolute atomic E-state index is 0. The molecule has 1 unspecified atom stereocenters. The molecule has 0 aromatic heterocycles. The molecular formula is C22H41ClN2O. The van der Waals surface area contributed by atoms with Crippen molar-refractivity contribution in [3.05, 3.63) is 34.9 Å². The summed E-state index contributed by atoms with van der Waals surface area (Å²) in [5, 5.41) is 2.83. The Balaban J connectivity index is 0. The molecule has 4 heteroatoms. The first-order valence-corrected chi connectivity index (χ1v) is 9.76. The summed E-state index contributed by atoms with van der Waals surface area (Å²) in [6.45, 7) is 12.0. The highest BCUT2D eigenvalue weighted by Crippen LogP contribution is 2.15. The number of hydrogen-bond acceptors (Lipinski definition) is 2. The fourth-order valence-corrected chi connectivity index (χ4v) is 2.66. The minimum atomic E-state index is 0. The first kappa shape index (κ1) is 27.2. The number of amides is 1. The molecule has 1 amide bonds. The van der Waals surface area contributed by atoms with Crippen molar-refractivity contribution in [2.24, 2.45) is 11.7 Å². The summed E-state index contributed by atoms with van der Waals surface area (Å²) in [5.74, 6) is 0.534. The predicted octanol–water partition coefficient (Wildman–Crippen LogP) is 5.71. The SMILES string of the molecule is CC(C)=CCC/C(C)=C/CC/C(C)=C/CCC(C)CC(=O)NCCN.Cl. The molecular weight excluding hydrogens is 344 g/mol. The van der Waals surface area contributed by atoms with E-state index in [4.69, 9.17) is 5.73 Å².